The fourth-order valence-electron chi connectivity index (χ4n) is 2.69. The Morgan fingerprint density at radius 2 is 1.09 bits per heavy atom. The third kappa shape index (κ3) is 6.47. The molecule has 0 heterocycles. The molecular weight excluding hydrogens is 440 g/mol. The second-order valence-electron chi connectivity index (χ2n) is 6.72. The van der Waals surface area contributed by atoms with Crippen LogP contribution in [-0.4, -0.2) is 46.4 Å². The second kappa shape index (κ2) is 11.0. The first-order chi connectivity index (χ1) is 15.0. The molecule has 2 rings (SSSR count). The summed E-state index contributed by atoms with van der Waals surface area (Å²) in [7, 11) is 0. The SMILES string of the molecule is NC(=O)C(OCc1ccc(F)cc1F)C(O)C(O)C(OCc1ccc(F)cc1F)C(N)=O. The summed E-state index contributed by atoms with van der Waals surface area (Å²) in [6.45, 7) is -1.29. The lowest BCUT2D eigenvalue weighted by atomic mass is 10.0. The Hall–Kier alpha value is -3.06. The van der Waals surface area contributed by atoms with Gasteiger partial charge < -0.3 is 31.2 Å². The number of benzene rings is 2. The van der Waals surface area contributed by atoms with Crippen molar-refractivity contribution in [1.29, 1.82) is 0 Å². The van der Waals surface area contributed by atoms with Gasteiger partial charge in [-0.05, 0) is 12.1 Å². The number of aliphatic hydroxyl groups is 2. The van der Waals surface area contributed by atoms with Crippen LogP contribution in [0.15, 0.2) is 36.4 Å². The summed E-state index contributed by atoms with van der Waals surface area (Å²) < 4.78 is 63.6. The van der Waals surface area contributed by atoms with E-state index in [2.05, 4.69) is 0 Å². The molecule has 0 radical (unpaired) electrons. The Morgan fingerprint density at radius 3 is 1.38 bits per heavy atom. The number of carbonyl (C=O) groups excluding carboxylic acids is 2. The van der Waals surface area contributed by atoms with Crippen LogP contribution in [0.3, 0.4) is 0 Å². The lowest BCUT2D eigenvalue weighted by Crippen LogP contribution is -2.54. The van der Waals surface area contributed by atoms with Crippen molar-refractivity contribution in [2.24, 2.45) is 11.5 Å². The molecule has 0 aliphatic heterocycles. The molecule has 0 aliphatic rings. The van der Waals surface area contributed by atoms with Gasteiger partial charge in [-0.2, -0.15) is 0 Å². The molecule has 2 amide bonds. The fraction of sp³-hybridized carbons (Fsp3) is 0.300. The first kappa shape index (κ1) is 25.2. The highest BCUT2D eigenvalue weighted by atomic mass is 19.1. The van der Waals surface area contributed by atoms with Crippen molar-refractivity contribution < 1.29 is 46.8 Å². The number of hydrogen-bond donors (Lipinski definition) is 4. The first-order valence-electron chi connectivity index (χ1n) is 9.07. The molecule has 32 heavy (non-hydrogen) atoms. The van der Waals surface area contributed by atoms with Crippen LogP contribution in [0.2, 0.25) is 0 Å². The number of halogens is 4. The number of nitrogens with two attached hydrogens (primary N) is 2. The molecule has 0 aliphatic carbocycles. The molecule has 0 saturated heterocycles. The highest BCUT2D eigenvalue weighted by molar-refractivity contribution is 5.81. The van der Waals surface area contributed by atoms with Crippen LogP contribution in [0.4, 0.5) is 17.6 Å². The molecule has 4 unspecified atom stereocenters. The Balaban J connectivity index is 2.11. The summed E-state index contributed by atoms with van der Waals surface area (Å²) in [5.74, 6) is -6.27. The predicted octanol–water partition coefficient (Wildman–Crippen LogP) is 0.406. The molecular formula is C20H20F4N2O6. The number of primary amides is 2. The van der Waals surface area contributed by atoms with Crippen molar-refractivity contribution in [3.63, 3.8) is 0 Å². The van der Waals surface area contributed by atoms with Gasteiger partial charge in [0.25, 0.3) is 0 Å². The van der Waals surface area contributed by atoms with E-state index in [4.69, 9.17) is 20.9 Å². The van der Waals surface area contributed by atoms with E-state index in [1.807, 2.05) is 0 Å². The number of carbonyl (C=O) groups is 2. The zero-order valence-corrected chi connectivity index (χ0v) is 16.4. The smallest absolute Gasteiger partial charge is 0.249 e. The number of amides is 2. The molecule has 0 saturated carbocycles. The lowest BCUT2D eigenvalue weighted by molar-refractivity contribution is -0.167. The molecule has 12 heteroatoms. The van der Waals surface area contributed by atoms with Gasteiger partial charge in [-0.25, -0.2) is 17.6 Å². The number of rotatable bonds is 11. The summed E-state index contributed by atoms with van der Waals surface area (Å²) in [6, 6.07) is 5.04. The van der Waals surface area contributed by atoms with Crippen molar-refractivity contribution in [3.05, 3.63) is 70.8 Å². The van der Waals surface area contributed by atoms with Crippen molar-refractivity contribution in [2.45, 2.75) is 37.6 Å². The van der Waals surface area contributed by atoms with E-state index in [9.17, 15) is 37.4 Å². The van der Waals surface area contributed by atoms with E-state index in [-0.39, 0.29) is 11.1 Å². The number of hydrogen-bond acceptors (Lipinski definition) is 6. The number of aliphatic hydroxyl groups excluding tert-OH is 2. The van der Waals surface area contributed by atoms with Gasteiger partial charge in [0.15, 0.2) is 12.2 Å². The van der Waals surface area contributed by atoms with Crippen molar-refractivity contribution in [1.82, 2.24) is 0 Å². The maximum atomic E-state index is 13.7. The Labute approximate surface area is 179 Å². The Bertz CT molecular complexity index is 900. The van der Waals surface area contributed by atoms with Crippen molar-refractivity contribution >= 4 is 11.8 Å². The normalized spacial score (nSPS) is 15.1. The van der Waals surface area contributed by atoms with Crippen molar-refractivity contribution in [2.75, 3.05) is 0 Å². The van der Waals surface area contributed by atoms with Crippen LogP contribution < -0.4 is 11.5 Å². The molecule has 8 nitrogen and oxygen atoms in total. The van der Waals surface area contributed by atoms with E-state index in [0.29, 0.717) is 12.1 Å². The quantitative estimate of drug-likeness (QED) is 0.358. The molecule has 2 aromatic carbocycles. The van der Waals surface area contributed by atoms with Gasteiger partial charge >= 0.3 is 0 Å². The van der Waals surface area contributed by atoms with Gasteiger partial charge in [-0.1, -0.05) is 12.1 Å². The minimum atomic E-state index is -2.17. The van der Waals surface area contributed by atoms with Crippen LogP contribution in [0, 0.1) is 23.3 Å². The van der Waals surface area contributed by atoms with E-state index in [1.165, 1.54) is 0 Å². The molecule has 4 atom stereocenters. The minimum absolute atomic E-state index is 0.186. The average molecular weight is 460 g/mol. The molecule has 2 aromatic rings. The molecule has 0 fully saturated rings. The zero-order valence-electron chi connectivity index (χ0n) is 16.4. The van der Waals surface area contributed by atoms with Gasteiger partial charge in [0.05, 0.1) is 13.2 Å². The molecule has 174 valence electrons. The summed E-state index contributed by atoms with van der Waals surface area (Å²) >= 11 is 0. The Kier molecular flexibility index (Phi) is 8.66. The molecule has 0 bridgehead atoms. The highest BCUT2D eigenvalue weighted by Gasteiger charge is 2.39. The predicted molar refractivity (Wildman–Crippen MR) is 100 cm³/mol. The zero-order chi connectivity index (χ0) is 24.0. The van der Waals surface area contributed by atoms with Gasteiger partial charge in [-0.3, -0.25) is 9.59 Å². The van der Waals surface area contributed by atoms with Gasteiger partial charge in [-0.15, -0.1) is 0 Å². The van der Waals surface area contributed by atoms with Crippen LogP contribution in [0.25, 0.3) is 0 Å². The molecule has 0 spiro atoms. The van der Waals surface area contributed by atoms with E-state index in [1.54, 1.807) is 0 Å². The van der Waals surface area contributed by atoms with E-state index < -0.39 is 72.7 Å². The van der Waals surface area contributed by atoms with Gasteiger partial charge in [0.1, 0.15) is 35.5 Å². The van der Waals surface area contributed by atoms with Crippen LogP contribution >= 0.6 is 0 Å². The van der Waals surface area contributed by atoms with Gasteiger partial charge in [0, 0.05) is 23.3 Å². The minimum Gasteiger partial charge on any atom is -0.387 e. The average Bonchev–Trinajstić information content (AvgIpc) is 2.70. The third-order valence-electron chi connectivity index (χ3n) is 4.40. The van der Waals surface area contributed by atoms with Crippen LogP contribution in [0.5, 0.6) is 0 Å². The van der Waals surface area contributed by atoms with Crippen LogP contribution in [-0.2, 0) is 32.3 Å². The van der Waals surface area contributed by atoms with E-state index in [0.717, 1.165) is 24.3 Å². The molecule has 6 N–H and O–H groups in total. The maximum Gasteiger partial charge on any atom is 0.249 e. The standard InChI is InChI=1S/C20H20F4N2O6/c21-11-3-1-9(13(23)5-11)7-31-17(19(25)29)15(27)16(28)18(20(26)30)32-8-10-2-4-12(22)6-14(10)24/h1-6,15-18,27-28H,7-8H2,(H2,25,29)(H2,26,30). The maximum absolute atomic E-state index is 13.7. The first-order valence-corrected chi connectivity index (χ1v) is 9.07. The summed E-state index contributed by atoms with van der Waals surface area (Å²) in [4.78, 5) is 23.4. The topological polar surface area (TPSA) is 145 Å². The van der Waals surface area contributed by atoms with Crippen molar-refractivity contribution in [3.8, 4) is 0 Å². The largest absolute Gasteiger partial charge is 0.387 e. The molecule has 0 aromatic heterocycles. The summed E-state index contributed by atoms with van der Waals surface area (Å²) in [6.07, 6.45) is -8.26. The summed E-state index contributed by atoms with van der Waals surface area (Å²) in [5, 5.41) is 20.6. The van der Waals surface area contributed by atoms with Gasteiger partial charge in [0.2, 0.25) is 11.8 Å². The lowest BCUT2D eigenvalue weighted by Gasteiger charge is -2.29. The fourth-order valence-corrected chi connectivity index (χ4v) is 2.69. The van der Waals surface area contributed by atoms with E-state index >= 15 is 0 Å². The summed E-state index contributed by atoms with van der Waals surface area (Å²) in [5.41, 5.74) is 9.92. The monoisotopic (exact) mass is 460 g/mol. The van der Waals surface area contributed by atoms with Crippen LogP contribution in [0.1, 0.15) is 11.1 Å². The third-order valence-corrected chi connectivity index (χ3v) is 4.40. The number of ether oxygens (including phenoxy) is 2. The Morgan fingerprint density at radius 1 is 0.750 bits per heavy atom. The highest BCUT2D eigenvalue weighted by Crippen LogP contribution is 2.18. The second-order valence-corrected chi connectivity index (χ2v) is 6.72.